The third-order valence-corrected chi connectivity index (χ3v) is 6.31. The van der Waals surface area contributed by atoms with Gasteiger partial charge in [-0.05, 0) is 67.9 Å². The summed E-state index contributed by atoms with van der Waals surface area (Å²) in [6.07, 6.45) is 5.24. The average molecular weight is 419 g/mol. The third-order valence-electron chi connectivity index (χ3n) is 6.31. The van der Waals surface area contributed by atoms with E-state index in [9.17, 15) is 0 Å². The van der Waals surface area contributed by atoms with E-state index in [0.717, 1.165) is 35.4 Å². The van der Waals surface area contributed by atoms with E-state index in [1.807, 2.05) is 35.2 Å². The Morgan fingerprint density at radius 3 is 2.32 bits per heavy atom. The first-order valence-corrected chi connectivity index (χ1v) is 11.3. The number of hydrogen-bond acceptors (Lipinski definition) is 3. The zero-order valence-corrected chi connectivity index (χ0v) is 20.0. The third kappa shape index (κ3) is 4.59. The van der Waals surface area contributed by atoms with Gasteiger partial charge in [-0.1, -0.05) is 32.9 Å². The number of hydrogen-bond donors (Lipinski definition) is 0. The molecule has 0 saturated carbocycles. The number of aryl methyl sites for hydroxylation is 1. The Labute approximate surface area is 186 Å². The minimum atomic E-state index is 0.110. The van der Waals surface area contributed by atoms with Gasteiger partial charge in [-0.2, -0.15) is 0 Å². The monoisotopic (exact) mass is 418 g/mol. The first-order valence-electron chi connectivity index (χ1n) is 11.3. The van der Waals surface area contributed by atoms with Crippen LogP contribution in [0.25, 0.3) is 16.7 Å². The van der Waals surface area contributed by atoms with Crippen molar-refractivity contribution in [2.24, 2.45) is 5.41 Å². The van der Waals surface area contributed by atoms with Crippen LogP contribution < -0.4 is 9.30 Å². The maximum atomic E-state index is 6.75. The Kier molecular flexibility index (Phi) is 5.55. The molecule has 0 N–H and O–H groups in total. The van der Waals surface area contributed by atoms with E-state index in [4.69, 9.17) is 9.72 Å². The summed E-state index contributed by atoms with van der Waals surface area (Å²) in [6, 6.07) is 15.1. The Hall–Kier alpha value is -2.46. The second-order valence-corrected chi connectivity index (χ2v) is 11.0. The lowest BCUT2D eigenvalue weighted by Gasteiger charge is -2.42. The van der Waals surface area contributed by atoms with Crippen LogP contribution in [0.3, 0.4) is 0 Å². The molecule has 0 radical (unpaired) electrons. The molecule has 164 valence electrons. The summed E-state index contributed by atoms with van der Waals surface area (Å²) in [5, 5.41) is 1.08. The maximum Gasteiger partial charge on any atom is 0.332 e. The Morgan fingerprint density at radius 1 is 1.00 bits per heavy atom. The first kappa shape index (κ1) is 21.8. The smallest absolute Gasteiger partial charge is 0.332 e. The summed E-state index contributed by atoms with van der Waals surface area (Å²) in [4.78, 5) is 7.55. The molecule has 0 bridgehead atoms. The van der Waals surface area contributed by atoms with Crippen molar-refractivity contribution in [3.63, 3.8) is 0 Å². The molecule has 1 fully saturated rings. The van der Waals surface area contributed by atoms with Crippen LogP contribution in [0.5, 0.6) is 5.75 Å². The van der Waals surface area contributed by atoms with E-state index in [-0.39, 0.29) is 17.1 Å². The number of ether oxygens (including phenoxy) is 1. The largest absolute Gasteiger partial charge is 0.488 e. The molecule has 4 nitrogen and oxygen atoms in total. The van der Waals surface area contributed by atoms with Crippen LogP contribution in [0.4, 0.5) is 0 Å². The Bertz CT molecular complexity index is 1040. The first-order chi connectivity index (χ1) is 14.5. The van der Waals surface area contributed by atoms with E-state index >= 15 is 0 Å². The summed E-state index contributed by atoms with van der Waals surface area (Å²) >= 11 is 0. The van der Waals surface area contributed by atoms with Gasteiger partial charge in [0.05, 0.1) is 23.8 Å². The number of nitrogens with zero attached hydrogens (tertiary/aromatic N) is 3. The number of benzene rings is 1. The molecule has 2 unspecified atom stereocenters. The van der Waals surface area contributed by atoms with Gasteiger partial charge in [-0.3, -0.25) is 4.90 Å². The van der Waals surface area contributed by atoms with Crippen LogP contribution >= 0.6 is 0 Å². The van der Waals surface area contributed by atoms with Crippen molar-refractivity contribution in [3.8, 4) is 11.6 Å². The Balaban J connectivity index is 1.72. The summed E-state index contributed by atoms with van der Waals surface area (Å²) in [7, 11) is 0. The topological polar surface area (TPSA) is 29.2 Å². The lowest BCUT2D eigenvalue weighted by atomic mass is 9.83. The van der Waals surface area contributed by atoms with Gasteiger partial charge in [0.1, 0.15) is 11.9 Å². The number of fused-ring (bicyclic) bond motifs is 1. The van der Waals surface area contributed by atoms with Crippen LogP contribution in [-0.4, -0.2) is 34.1 Å². The lowest BCUT2D eigenvalue weighted by Crippen LogP contribution is -2.49. The minimum Gasteiger partial charge on any atom is -0.488 e. The fourth-order valence-corrected chi connectivity index (χ4v) is 4.70. The SMILES string of the molecule is Cc1ccc2c(OC3CC(C(C)(C)C)N(C(C)(C)C)C3)cc(-[n+]3ccccc3)nc2c1. The van der Waals surface area contributed by atoms with E-state index in [0.29, 0.717) is 6.04 Å². The van der Waals surface area contributed by atoms with Crippen LogP contribution in [0, 0.1) is 12.3 Å². The van der Waals surface area contributed by atoms with E-state index in [1.54, 1.807) is 0 Å². The fourth-order valence-electron chi connectivity index (χ4n) is 4.70. The molecule has 31 heavy (non-hydrogen) atoms. The predicted molar refractivity (Wildman–Crippen MR) is 127 cm³/mol. The van der Waals surface area contributed by atoms with Gasteiger partial charge >= 0.3 is 5.82 Å². The van der Waals surface area contributed by atoms with Gasteiger partial charge < -0.3 is 4.74 Å². The van der Waals surface area contributed by atoms with Crippen molar-refractivity contribution < 1.29 is 9.30 Å². The van der Waals surface area contributed by atoms with Crippen LogP contribution in [0.15, 0.2) is 54.9 Å². The molecule has 4 heteroatoms. The minimum absolute atomic E-state index is 0.110. The summed E-state index contributed by atoms with van der Waals surface area (Å²) < 4.78 is 8.79. The highest BCUT2D eigenvalue weighted by Gasteiger charge is 2.44. The van der Waals surface area contributed by atoms with E-state index in [1.165, 1.54) is 5.56 Å². The number of aromatic nitrogens is 2. The molecule has 1 aliphatic rings. The lowest BCUT2D eigenvalue weighted by molar-refractivity contribution is -0.599. The molecule has 1 saturated heterocycles. The highest BCUT2D eigenvalue weighted by Crippen LogP contribution is 2.39. The van der Waals surface area contributed by atoms with Gasteiger partial charge in [0.2, 0.25) is 0 Å². The van der Waals surface area contributed by atoms with Crippen molar-refractivity contribution in [2.45, 2.75) is 72.6 Å². The van der Waals surface area contributed by atoms with Crippen LogP contribution in [-0.2, 0) is 0 Å². The van der Waals surface area contributed by atoms with Gasteiger partial charge in [-0.25, -0.2) is 4.57 Å². The van der Waals surface area contributed by atoms with Crippen LogP contribution in [0.2, 0.25) is 0 Å². The molecule has 2 aromatic heterocycles. The van der Waals surface area contributed by atoms with Crippen molar-refractivity contribution in [1.82, 2.24) is 9.88 Å². The molecule has 1 aromatic carbocycles. The van der Waals surface area contributed by atoms with E-state index < -0.39 is 0 Å². The second-order valence-electron chi connectivity index (χ2n) is 11.0. The zero-order valence-electron chi connectivity index (χ0n) is 20.0. The molecule has 0 aliphatic carbocycles. The van der Waals surface area contributed by atoms with Crippen molar-refractivity contribution in [3.05, 3.63) is 60.4 Å². The summed E-state index contributed by atoms with van der Waals surface area (Å²) in [5.41, 5.74) is 2.49. The van der Waals surface area contributed by atoms with E-state index in [2.05, 4.69) is 77.6 Å². The zero-order chi connectivity index (χ0) is 22.4. The highest BCUT2D eigenvalue weighted by atomic mass is 16.5. The summed E-state index contributed by atoms with van der Waals surface area (Å²) in [6.45, 7) is 17.0. The van der Waals surface area contributed by atoms with Crippen molar-refractivity contribution in [2.75, 3.05) is 6.54 Å². The predicted octanol–water partition coefficient (Wildman–Crippen LogP) is 5.49. The van der Waals surface area contributed by atoms with Crippen molar-refractivity contribution in [1.29, 1.82) is 0 Å². The molecule has 3 aromatic rings. The molecule has 0 amide bonds. The number of pyridine rings is 2. The molecule has 1 aliphatic heterocycles. The molecular formula is C27H36N3O+. The van der Waals surface area contributed by atoms with Crippen molar-refractivity contribution >= 4 is 10.9 Å². The van der Waals surface area contributed by atoms with Gasteiger partial charge in [0.15, 0.2) is 5.52 Å². The molecule has 3 heterocycles. The highest BCUT2D eigenvalue weighted by molar-refractivity contribution is 5.86. The summed E-state index contributed by atoms with van der Waals surface area (Å²) in [5.74, 6) is 1.80. The second kappa shape index (κ2) is 7.90. The fraction of sp³-hybridized carbons (Fsp3) is 0.481. The van der Waals surface area contributed by atoms with Crippen LogP contribution in [0.1, 0.15) is 53.5 Å². The number of likely N-dealkylation sites (tertiary alicyclic amines) is 1. The molecular weight excluding hydrogens is 382 g/mol. The average Bonchev–Trinajstić information content (AvgIpc) is 3.13. The standard InChI is InChI=1S/C27H36N3O/c1-19-11-12-21-22(15-19)28-25(29-13-9-8-10-14-29)17-23(21)31-20-16-24(26(2,3)4)30(18-20)27(5,6)7/h8-15,17,20,24H,16,18H2,1-7H3/q+1. The normalized spacial score (nSPS) is 20.4. The number of rotatable bonds is 3. The Morgan fingerprint density at radius 2 is 1.71 bits per heavy atom. The molecule has 4 rings (SSSR count). The van der Waals surface area contributed by atoms with Gasteiger partial charge in [0, 0.05) is 24.5 Å². The van der Waals surface area contributed by atoms with Gasteiger partial charge in [-0.15, -0.1) is 0 Å². The maximum absolute atomic E-state index is 6.75. The quantitative estimate of drug-likeness (QED) is 0.527. The molecule has 0 spiro atoms. The van der Waals surface area contributed by atoms with Gasteiger partial charge in [0.25, 0.3) is 0 Å². The molecule has 2 atom stereocenters.